The van der Waals surface area contributed by atoms with Gasteiger partial charge in [0.1, 0.15) is 0 Å². The summed E-state index contributed by atoms with van der Waals surface area (Å²) in [6, 6.07) is 14.8. The van der Waals surface area contributed by atoms with Crippen LogP contribution in [0, 0.1) is 0 Å². The summed E-state index contributed by atoms with van der Waals surface area (Å²) in [5.74, 6) is 0.384. The second-order valence-corrected chi connectivity index (χ2v) is 9.46. The van der Waals surface area contributed by atoms with Crippen LogP contribution in [0.2, 0.25) is 0 Å². The molecular weight excluding hydrogens is 432 g/mol. The number of benzene rings is 2. The van der Waals surface area contributed by atoms with Gasteiger partial charge >= 0.3 is 5.97 Å². The van der Waals surface area contributed by atoms with Gasteiger partial charge in [0.25, 0.3) is 5.91 Å². The first-order chi connectivity index (χ1) is 15.1. The summed E-state index contributed by atoms with van der Waals surface area (Å²) in [7, 11) is 0. The van der Waals surface area contributed by atoms with Crippen LogP contribution in [0.15, 0.2) is 58.3 Å². The molecule has 0 atom stereocenters. The maximum absolute atomic E-state index is 12.7. The Hall–Kier alpha value is -2.45. The SMILES string of the molecule is O=C(OCC(=O)N1CCSc2ccccc21)c1ccccc1SCC(=O)N1CCCC1. The Morgan fingerprint density at radius 1 is 0.935 bits per heavy atom. The van der Waals surface area contributed by atoms with Crippen molar-refractivity contribution in [1.82, 2.24) is 4.90 Å². The first-order valence-corrected chi connectivity index (χ1v) is 12.3. The Bertz CT molecular complexity index is 976. The molecule has 1 saturated heterocycles. The predicted molar refractivity (Wildman–Crippen MR) is 123 cm³/mol. The zero-order valence-corrected chi connectivity index (χ0v) is 18.8. The van der Waals surface area contributed by atoms with E-state index >= 15 is 0 Å². The fourth-order valence-electron chi connectivity index (χ4n) is 3.67. The Morgan fingerprint density at radius 2 is 1.68 bits per heavy atom. The molecule has 1 fully saturated rings. The van der Waals surface area contributed by atoms with Crippen molar-refractivity contribution in [2.24, 2.45) is 0 Å². The molecule has 8 heteroatoms. The molecule has 2 amide bonds. The molecule has 162 valence electrons. The fraction of sp³-hybridized carbons (Fsp3) is 0.348. The van der Waals surface area contributed by atoms with E-state index in [0.29, 0.717) is 17.0 Å². The number of carbonyl (C=O) groups is 3. The molecule has 0 bridgehead atoms. The zero-order valence-electron chi connectivity index (χ0n) is 17.1. The van der Waals surface area contributed by atoms with E-state index in [-0.39, 0.29) is 24.2 Å². The van der Waals surface area contributed by atoms with E-state index in [9.17, 15) is 14.4 Å². The third-order valence-electron chi connectivity index (χ3n) is 5.27. The number of amides is 2. The van der Waals surface area contributed by atoms with Gasteiger partial charge in [-0.25, -0.2) is 4.79 Å². The number of thioether (sulfide) groups is 2. The van der Waals surface area contributed by atoms with E-state index in [0.717, 1.165) is 42.3 Å². The molecule has 0 unspecified atom stereocenters. The van der Waals surface area contributed by atoms with Crippen molar-refractivity contribution in [1.29, 1.82) is 0 Å². The minimum absolute atomic E-state index is 0.0856. The van der Waals surface area contributed by atoms with Gasteiger partial charge in [-0.2, -0.15) is 0 Å². The van der Waals surface area contributed by atoms with Crippen LogP contribution in [0.5, 0.6) is 0 Å². The van der Waals surface area contributed by atoms with Crippen LogP contribution in [0.3, 0.4) is 0 Å². The highest BCUT2D eigenvalue weighted by atomic mass is 32.2. The monoisotopic (exact) mass is 456 g/mol. The largest absolute Gasteiger partial charge is 0.452 e. The lowest BCUT2D eigenvalue weighted by Gasteiger charge is -2.28. The number of nitrogens with zero attached hydrogens (tertiary/aromatic N) is 2. The van der Waals surface area contributed by atoms with E-state index < -0.39 is 5.97 Å². The first-order valence-electron chi connectivity index (χ1n) is 10.3. The summed E-state index contributed by atoms with van der Waals surface area (Å²) in [4.78, 5) is 43.0. The molecule has 2 aromatic carbocycles. The standard InChI is InChI=1S/C23H24N2O4S2/c26-21(25-13-14-30-20-10-4-2-8-18(20)25)15-29-23(28)17-7-1-3-9-19(17)31-16-22(27)24-11-5-6-12-24/h1-4,7-10H,5-6,11-16H2. The molecule has 2 aliphatic rings. The molecule has 2 aliphatic heterocycles. The summed E-state index contributed by atoms with van der Waals surface area (Å²) in [5.41, 5.74) is 1.24. The molecule has 0 N–H and O–H groups in total. The van der Waals surface area contributed by atoms with Crippen molar-refractivity contribution in [2.45, 2.75) is 22.6 Å². The molecular formula is C23H24N2O4S2. The van der Waals surface area contributed by atoms with Crippen LogP contribution in [-0.4, -0.2) is 60.4 Å². The average Bonchev–Trinajstić information content (AvgIpc) is 3.36. The maximum Gasteiger partial charge on any atom is 0.339 e. The van der Waals surface area contributed by atoms with Crippen molar-refractivity contribution in [2.75, 3.05) is 42.6 Å². The topological polar surface area (TPSA) is 66.9 Å². The summed E-state index contributed by atoms with van der Waals surface area (Å²) in [5, 5.41) is 0. The van der Waals surface area contributed by atoms with Crippen LogP contribution in [0.25, 0.3) is 0 Å². The Morgan fingerprint density at radius 3 is 2.52 bits per heavy atom. The van der Waals surface area contributed by atoms with Crippen LogP contribution in [-0.2, 0) is 14.3 Å². The molecule has 0 aromatic heterocycles. The smallest absolute Gasteiger partial charge is 0.339 e. The van der Waals surface area contributed by atoms with Gasteiger partial charge in [0.15, 0.2) is 6.61 Å². The quantitative estimate of drug-likeness (QED) is 0.488. The minimum Gasteiger partial charge on any atom is -0.452 e. The lowest BCUT2D eigenvalue weighted by Crippen LogP contribution is -2.38. The van der Waals surface area contributed by atoms with Gasteiger partial charge in [0.2, 0.25) is 5.91 Å². The van der Waals surface area contributed by atoms with Crippen molar-refractivity contribution in [3.8, 4) is 0 Å². The second-order valence-electron chi connectivity index (χ2n) is 7.31. The second kappa shape index (κ2) is 10.2. The number of fused-ring (bicyclic) bond motifs is 1. The normalized spacial score (nSPS) is 15.5. The Labute approximate surface area is 190 Å². The molecule has 0 spiro atoms. The van der Waals surface area contributed by atoms with Crippen molar-refractivity contribution >= 4 is 47.0 Å². The molecule has 0 radical (unpaired) electrons. The first kappa shape index (κ1) is 21.8. The highest BCUT2D eigenvalue weighted by Gasteiger charge is 2.24. The number of para-hydroxylation sites is 1. The van der Waals surface area contributed by atoms with E-state index in [4.69, 9.17) is 4.74 Å². The maximum atomic E-state index is 12.7. The van der Waals surface area contributed by atoms with Crippen molar-refractivity contribution in [3.05, 3.63) is 54.1 Å². The number of carbonyl (C=O) groups excluding carboxylic acids is 3. The highest BCUT2D eigenvalue weighted by Crippen LogP contribution is 2.34. The van der Waals surface area contributed by atoms with E-state index in [2.05, 4.69) is 0 Å². The minimum atomic E-state index is -0.551. The van der Waals surface area contributed by atoms with Crippen molar-refractivity contribution < 1.29 is 19.1 Å². The molecule has 2 aromatic rings. The Kier molecular flexibility index (Phi) is 7.19. The number of anilines is 1. The Balaban J connectivity index is 1.36. The third-order valence-corrected chi connectivity index (χ3v) is 7.37. The fourth-order valence-corrected chi connectivity index (χ4v) is 5.61. The number of likely N-dealkylation sites (tertiary alicyclic amines) is 1. The van der Waals surface area contributed by atoms with Crippen LogP contribution < -0.4 is 4.90 Å². The van der Waals surface area contributed by atoms with E-state index in [1.54, 1.807) is 34.9 Å². The van der Waals surface area contributed by atoms with Gasteiger partial charge in [0, 0.05) is 35.2 Å². The number of hydrogen-bond acceptors (Lipinski definition) is 6. The average molecular weight is 457 g/mol. The van der Waals surface area contributed by atoms with Gasteiger partial charge in [-0.05, 0) is 37.1 Å². The van der Waals surface area contributed by atoms with E-state index in [1.807, 2.05) is 35.2 Å². The predicted octanol–water partition coefficient (Wildman–Crippen LogP) is 3.70. The van der Waals surface area contributed by atoms with Gasteiger partial charge in [0.05, 0.1) is 17.0 Å². The van der Waals surface area contributed by atoms with Gasteiger partial charge in [-0.1, -0.05) is 24.3 Å². The molecule has 2 heterocycles. The number of ether oxygens (including phenoxy) is 1. The van der Waals surface area contributed by atoms with Crippen LogP contribution in [0.4, 0.5) is 5.69 Å². The van der Waals surface area contributed by atoms with Crippen molar-refractivity contribution in [3.63, 3.8) is 0 Å². The summed E-state index contributed by atoms with van der Waals surface area (Å²) in [6.45, 7) is 1.89. The molecule has 6 nitrogen and oxygen atoms in total. The molecule has 4 rings (SSSR count). The van der Waals surface area contributed by atoms with Crippen LogP contribution >= 0.6 is 23.5 Å². The van der Waals surface area contributed by atoms with Gasteiger partial charge in [-0.15, -0.1) is 23.5 Å². The lowest BCUT2D eigenvalue weighted by molar-refractivity contribution is -0.127. The highest BCUT2D eigenvalue weighted by molar-refractivity contribution is 8.00. The van der Waals surface area contributed by atoms with E-state index in [1.165, 1.54) is 11.8 Å². The number of hydrogen-bond donors (Lipinski definition) is 0. The zero-order chi connectivity index (χ0) is 21.6. The molecule has 0 aliphatic carbocycles. The summed E-state index contributed by atoms with van der Waals surface area (Å²) >= 11 is 3.05. The number of rotatable bonds is 6. The lowest BCUT2D eigenvalue weighted by atomic mass is 10.2. The number of esters is 1. The molecule has 0 saturated carbocycles. The van der Waals surface area contributed by atoms with Gasteiger partial charge in [-0.3, -0.25) is 9.59 Å². The summed E-state index contributed by atoms with van der Waals surface area (Å²) < 4.78 is 5.36. The van der Waals surface area contributed by atoms with Gasteiger partial charge < -0.3 is 14.5 Å². The molecule has 31 heavy (non-hydrogen) atoms. The van der Waals surface area contributed by atoms with Crippen LogP contribution in [0.1, 0.15) is 23.2 Å². The summed E-state index contributed by atoms with van der Waals surface area (Å²) in [6.07, 6.45) is 2.10. The third kappa shape index (κ3) is 5.25.